The molecule has 2 rings (SSSR count). The summed E-state index contributed by atoms with van der Waals surface area (Å²) in [6, 6.07) is 8.38. The summed E-state index contributed by atoms with van der Waals surface area (Å²) >= 11 is 0. The third kappa shape index (κ3) is 5.12. The summed E-state index contributed by atoms with van der Waals surface area (Å²) in [7, 11) is -4.28. The maximum absolute atomic E-state index is 11.3. The fourth-order valence-electron chi connectivity index (χ4n) is 1.55. The van der Waals surface area contributed by atoms with E-state index in [0.29, 0.717) is 0 Å². The Morgan fingerprint density at radius 3 is 2.04 bits per heavy atom. The van der Waals surface area contributed by atoms with Crippen LogP contribution in [0.1, 0.15) is 10.4 Å². The number of benzene rings is 2. The number of azo groups is 1. The number of carboxylic acids is 1. The van der Waals surface area contributed by atoms with Crippen LogP contribution in [0.3, 0.4) is 0 Å². The standard InChI is InChI=1S/C13H10N2O6S.Na/c16-12-6-3-9(7-11(12)13(17)18)15-14-8-1-4-10(5-2-8)22(19,20)21;/h1-7,16H,(H,17,18)(H,19,20,21);/q;+1/p-1. The Labute approximate surface area is 153 Å². The molecule has 8 nitrogen and oxygen atoms in total. The summed E-state index contributed by atoms with van der Waals surface area (Å²) in [6.07, 6.45) is 0. The Morgan fingerprint density at radius 1 is 1.00 bits per heavy atom. The van der Waals surface area contributed by atoms with E-state index in [2.05, 4.69) is 10.2 Å². The number of hydrogen-bond donors (Lipinski definition) is 2. The number of aromatic carboxylic acids is 1. The van der Waals surface area contributed by atoms with E-state index in [0.717, 1.165) is 24.3 Å². The van der Waals surface area contributed by atoms with Crippen LogP contribution in [0, 0.1) is 0 Å². The van der Waals surface area contributed by atoms with Crippen molar-refractivity contribution >= 4 is 27.5 Å². The molecule has 0 saturated carbocycles. The number of rotatable bonds is 4. The molecule has 0 radical (unpaired) electrons. The zero-order valence-electron chi connectivity index (χ0n) is 11.9. The average molecular weight is 344 g/mol. The first-order valence-electron chi connectivity index (χ1n) is 5.81. The molecule has 2 aromatic rings. The van der Waals surface area contributed by atoms with Crippen LogP contribution >= 0.6 is 0 Å². The Morgan fingerprint density at radius 2 is 1.52 bits per heavy atom. The van der Waals surface area contributed by atoms with Crippen LogP contribution in [-0.2, 0) is 10.1 Å². The van der Waals surface area contributed by atoms with E-state index in [1.165, 1.54) is 18.2 Å². The van der Waals surface area contributed by atoms with Gasteiger partial charge in [-0.1, -0.05) is 11.8 Å². The molecule has 0 aliphatic rings. The van der Waals surface area contributed by atoms with Gasteiger partial charge in [-0.3, -0.25) is 4.55 Å². The van der Waals surface area contributed by atoms with Crippen LogP contribution in [0.25, 0.3) is 0 Å². The molecular formula is C13H9N2NaO6S. The second kappa shape index (κ2) is 7.66. The van der Waals surface area contributed by atoms with Crippen molar-refractivity contribution in [2.45, 2.75) is 4.90 Å². The van der Waals surface area contributed by atoms with E-state index in [-0.39, 0.29) is 45.8 Å². The normalized spacial score (nSPS) is 11.2. The predicted octanol–water partition coefficient (Wildman–Crippen LogP) is -0.876. The van der Waals surface area contributed by atoms with Gasteiger partial charge in [-0.2, -0.15) is 18.6 Å². The zero-order valence-corrected chi connectivity index (χ0v) is 14.7. The van der Waals surface area contributed by atoms with Gasteiger partial charge >= 0.3 is 35.5 Å². The van der Waals surface area contributed by atoms with Gasteiger partial charge in [0, 0.05) is 0 Å². The topological polar surface area (TPSA) is 139 Å². The first-order chi connectivity index (χ1) is 10.3. The molecular weight excluding hydrogens is 335 g/mol. The van der Waals surface area contributed by atoms with Gasteiger partial charge in [0.1, 0.15) is 0 Å². The maximum Gasteiger partial charge on any atom is 1.00 e. The van der Waals surface area contributed by atoms with Crippen LogP contribution in [-0.4, -0.2) is 24.0 Å². The summed E-state index contributed by atoms with van der Waals surface area (Å²) in [4.78, 5) is 10.5. The number of carboxylic acid groups (broad SMARTS) is 1. The van der Waals surface area contributed by atoms with Gasteiger partial charge < -0.3 is 10.2 Å². The van der Waals surface area contributed by atoms with Crippen molar-refractivity contribution in [2.75, 3.05) is 0 Å². The molecule has 0 aromatic heterocycles. The molecule has 0 fully saturated rings. The largest absolute Gasteiger partial charge is 1.00 e. The Balaban J connectivity index is 0.00000264. The van der Waals surface area contributed by atoms with E-state index < -0.39 is 27.4 Å². The minimum atomic E-state index is -4.28. The summed E-state index contributed by atoms with van der Waals surface area (Å²) < 4.78 is 30.6. The molecule has 2 aromatic carbocycles. The SMILES string of the molecule is O=C(O)c1cc(N=Nc2ccc(S(=O)(=O)O)cc2)ccc1[O-].[Na+]. The van der Waals surface area contributed by atoms with Gasteiger partial charge in [-0.25, -0.2) is 4.79 Å². The second-order valence-corrected chi connectivity index (χ2v) is 5.58. The zero-order chi connectivity index (χ0) is 16.3. The van der Waals surface area contributed by atoms with Crippen LogP contribution in [0.4, 0.5) is 11.4 Å². The Hall–Kier alpha value is -1.78. The van der Waals surface area contributed by atoms with E-state index in [4.69, 9.17) is 9.66 Å². The molecule has 0 atom stereocenters. The Bertz CT molecular complexity index is 849. The monoisotopic (exact) mass is 344 g/mol. The van der Waals surface area contributed by atoms with Crippen LogP contribution in [0.15, 0.2) is 57.6 Å². The summed E-state index contributed by atoms with van der Waals surface area (Å²) in [6.45, 7) is 0. The minimum Gasteiger partial charge on any atom is -0.872 e. The van der Waals surface area contributed by atoms with E-state index in [9.17, 15) is 18.3 Å². The van der Waals surface area contributed by atoms with Crippen LogP contribution in [0.5, 0.6) is 5.75 Å². The summed E-state index contributed by atoms with van der Waals surface area (Å²) in [5.41, 5.74) is 0.0319. The van der Waals surface area contributed by atoms with E-state index in [1.54, 1.807) is 0 Å². The molecule has 0 bridgehead atoms. The summed E-state index contributed by atoms with van der Waals surface area (Å²) in [5.74, 6) is -2.00. The molecule has 0 saturated heterocycles. The molecule has 114 valence electrons. The number of carbonyl (C=O) groups is 1. The van der Waals surface area contributed by atoms with Gasteiger partial charge in [-0.15, -0.1) is 0 Å². The molecule has 0 aliphatic carbocycles. The summed E-state index contributed by atoms with van der Waals surface area (Å²) in [5, 5.41) is 27.7. The van der Waals surface area contributed by atoms with Gasteiger partial charge in [0.15, 0.2) is 0 Å². The average Bonchev–Trinajstić information content (AvgIpc) is 2.45. The van der Waals surface area contributed by atoms with Crippen molar-refractivity contribution in [1.82, 2.24) is 0 Å². The molecule has 0 spiro atoms. The second-order valence-electron chi connectivity index (χ2n) is 4.15. The van der Waals surface area contributed by atoms with Gasteiger partial charge in [-0.05, 0) is 36.4 Å². The molecule has 10 heteroatoms. The Kier molecular flexibility index (Phi) is 6.42. The number of hydrogen-bond acceptors (Lipinski definition) is 6. The predicted molar refractivity (Wildman–Crippen MR) is 73.3 cm³/mol. The molecule has 0 amide bonds. The molecule has 0 unspecified atom stereocenters. The van der Waals surface area contributed by atoms with Crippen molar-refractivity contribution in [3.8, 4) is 5.75 Å². The van der Waals surface area contributed by atoms with Gasteiger partial charge in [0.25, 0.3) is 10.1 Å². The fraction of sp³-hybridized carbons (Fsp3) is 0. The van der Waals surface area contributed by atoms with E-state index in [1.807, 2.05) is 0 Å². The molecule has 2 N–H and O–H groups in total. The van der Waals surface area contributed by atoms with Crippen molar-refractivity contribution < 1.29 is 57.5 Å². The molecule has 23 heavy (non-hydrogen) atoms. The number of nitrogens with zero attached hydrogens (tertiary/aromatic N) is 2. The van der Waals surface area contributed by atoms with Crippen molar-refractivity contribution in [3.05, 3.63) is 48.0 Å². The van der Waals surface area contributed by atoms with Crippen LogP contribution < -0.4 is 34.7 Å². The van der Waals surface area contributed by atoms with Crippen LogP contribution in [0.2, 0.25) is 0 Å². The van der Waals surface area contributed by atoms with E-state index >= 15 is 0 Å². The van der Waals surface area contributed by atoms with Crippen molar-refractivity contribution in [3.63, 3.8) is 0 Å². The van der Waals surface area contributed by atoms with Gasteiger partial charge in [0.2, 0.25) is 0 Å². The van der Waals surface area contributed by atoms with Crippen molar-refractivity contribution in [2.24, 2.45) is 10.2 Å². The minimum absolute atomic E-state index is 0. The third-order valence-corrected chi connectivity index (χ3v) is 3.48. The maximum atomic E-state index is 11.3. The third-order valence-electron chi connectivity index (χ3n) is 2.61. The molecule has 0 heterocycles. The van der Waals surface area contributed by atoms with Gasteiger partial charge in [0.05, 0.1) is 21.8 Å². The molecule has 0 aliphatic heterocycles. The van der Waals surface area contributed by atoms with Crippen molar-refractivity contribution in [1.29, 1.82) is 0 Å². The fourth-order valence-corrected chi connectivity index (χ4v) is 2.03. The quantitative estimate of drug-likeness (QED) is 0.419. The first kappa shape index (κ1) is 19.3. The first-order valence-corrected chi connectivity index (χ1v) is 7.25. The smallest absolute Gasteiger partial charge is 0.872 e.